The Balaban J connectivity index is 1.47. The first kappa shape index (κ1) is 21.5. The van der Waals surface area contributed by atoms with Crippen LogP contribution in [0.4, 0.5) is 4.39 Å². The third-order valence-electron chi connectivity index (χ3n) is 4.80. The van der Waals surface area contributed by atoms with Crippen LogP contribution in [-0.4, -0.2) is 30.3 Å². The van der Waals surface area contributed by atoms with Gasteiger partial charge in [0.1, 0.15) is 17.2 Å². The van der Waals surface area contributed by atoms with E-state index in [0.717, 1.165) is 23.3 Å². The van der Waals surface area contributed by atoms with Gasteiger partial charge in [0.05, 0.1) is 22.0 Å². The number of benzene rings is 2. The van der Waals surface area contributed by atoms with Gasteiger partial charge in [-0.1, -0.05) is 12.1 Å². The van der Waals surface area contributed by atoms with E-state index in [9.17, 15) is 17.6 Å². The lowest BCUT2D eigenvalue weighted by molar-refractivity contribution is 0.0950. The Morgan fingerprint density at radius 3 is 2.62 bits per heavy atom. The van der Waals surface area contributed by atoms with Gasteiger partial charge in [-0.2, -0.15) is 0 Å². The van der Waals surface area contributed by atoms with E-state index < -0.39 is 15.7 Å². The maximum Gasteiger partial charge on any atom is 0.253 e. The van der Waals surface area contributed by atoms with Crippen molar-refractivity contribution in [3.05, 3.63) is 90.1 Å². The highest BCUT2D eigenvalue weighted by atomic mass is 32.2. The minimum Gasteiger partial charge on any atom is -0.494 e. The number of carbonyl (C=O) groups excluding carboxylic acids is 1. The van der Waals surface area contributed by atoms with Gasteiger partial charge in [0.2, 0.25) is 9.84 Å². The van der Waals surface area contributed by atoms with Crippen LogP contribution in [0.25, 0.3) is 5.65 Å². The Hall–Kier alpha value is -3.72. The SMILES string of the molecule is CCOc1cc(F)cc(S(=O)(=O)c2ccc(CNC(=O)c3ccc4nccn4c3)cc2)c1. The number of fused-ring (bicyclic) bond motifs is 1. The molecule has 4 aromatic rings. The molecule has 0 spiro atoms. The van der Waals surface area contributed by atoms with Crippen LogP contribution in [-0.2, 0) is 16.4 Å². The molecule has 2 aromatic carbocycles. The molecule has 32 heavy (non-hydrogen) atoms. The first-order chi connectivity index (χ1) is 15.4. The van der Waals surface area contributed by atoms with Gasteiger partial charge in [-0.3, -0.25) is 4.79 Å². The van der Waals surface area contributed by atoms with Crippen molar-refractivity contribution in [1.82, 2.24) is 14.7 Å². The molecule has 0 atom stereocenters. The predicted octanol–water partition coefficient (Wildman–Crippen LogP) is 3.63. The second-order valence-corrected chi connectivity index (χ2v) is 8.95. The third-order valence-corrected chi connectivity index (χ3v) is 6.55. The summed E-state index contributed by atoms with van der Waals surface area (Å²) in [5.41, 5.74) is 1.94. The summed E-state index contributed by atoms with van der Waals surface area (Å²) in [5, 5.41) is 2.80. The third kappa shape index (κ3) is 4.47. The van der Waals surface area contributed by atoms with Gasteiger partial charge in [0.25, 0.3) is 5.91 Å². The number of rotatable bonds is 7. The molecule has 0 saturated heterocycles. The summed E-state index contributed by atoms with van der Waals surface area (Å²) in [5.74, 6) is -0.803. The van der Waals surface area contributed by atoms with E-state index in [1.165, 1.54) is 18.2 Å². The van der Waals surface area contributed by atoms with Gasteiger partial charge in [0, 0.05) is 31.2 Å². The van der Waals surface area contributed by atoms with Crippen molar-refractivity contribution in [1.29, 1.82) is 0 Å². The topological polar surface area (TPSA) is 89.8 Å². The number of nitrogens with zero attached hydrogens (tertiary/aromatic N) is 2. The minimum atomic E-state index is -3.92. The van der Waals surface area contributed by atoms with Crippen LogP contribution in [0.1, 0.15) is 22.8 Å². The van der Waals surface area contributed by atoms with Gasteiger partial charge >= 0.3 is 0 Å². The molecule has 0 saturated carbocycles. The fourth-order valence-electron chi connectivity index (χ4n) is 3.20. The molecule has 1 N–H and O–H groups in total. The van der Waals surface area contributed by atoms with Gasteiger partial charge in [-0.15, -0.1) is 0 Å². The molecule has 0 fully saturated rings. The number of imidazole rings is 1. The van der Waals surface area contributed by atoms with E-state index in [0.29, 0.717) is 12.2 Å². The lowest BCUT2D eigenvalue weighted by Crippen LogP contribution is -2.23. The Morgan fingerprint density at radius 2 is 1.88 bits per heavy atom. The molecule has 164 valence electrons. The smallest absolute Gasteiger partial charge is 0.253 e. The normalized spacial score (nSPS) is 11.4. The molecule has 0 radical (unpaired) electrons. The molecule has 4 rings (SSSR count). The molecule has 1 amide bonds. The maximum atomic E-state index is 13.9. The summed E-state index contributed by atoms with van der Waals surface area (Å²) >= 11 is 0. The highest BCUT2D eigenvalue weighted by Crippen LogP contribution is 2.26. The van der Waals surface area contributed by atoms with Crippen molar-refractivity contribution in [2.75, 3.05) is 6.61 Å². The van der Waals surface area contributed by atoms with Crippen LogP contribution >= 0.6 is 0 Å². The molecule has 2 aromatic heterocycles. The zero-order chi connectivity index (χ0) is 22.7. The number of halogens is 1. The lowest BCUT2D eigenvalue weighted by atomic mass is 10.2. The molecule has 0 aliphatic heterocycles. The van der Waals surface area contributed by atoms with Gasteiger partial charge in [-0.25, -0.2) is 17.8 Å². The first-order valence-electron chi connectivity index (χ1n) is 9.85. The Labute approximate surface area is 184 Å². The monoisotopic (exact) mass is 453 g/mol. The zero-order valence-corrected chi connectivity index (χ0v) is 18.0. The highest BCUT2D eigenvalue weighted by Gasteiger charge is 2.20. The van der Waals surface area contributed by atoms with Crippen LogP contribution in [0.5, 0.6) is 5.75 Å². The maximum absolute atomic E-state index is 13.9. The quantitative estimate of drug-likeness (QED) is 0.462. The standard InChI is InChI=1S/C23H20FN3O4S/c1-2-31-19-11-18(24)12-21(13-19)32(29,30)20-6-3-16(4-7-20)14-26-23(28)17-5-8-22-25-9-10-27(22)15-17/h3-13,15H,2,14H2,1H3,(H,26,28). The fourth-order valence-corrected chi connectivity index (χ4v) is 4.51. The molecular formula is C23H20FN3O4S. The van der Waals surface area contributed by atoms with Gasteiger partial charge < -0.3 is 14.5 Å². The number of aromatic nitrogens is 2. The number of sulfone groups is 1. The average molecular weight is 453 g/mol. The minimum absolute atomic E-state index is 0.0196. The molecular weight excluding hydrogens is 433 g/mol. The summed E-state index contributed by atoms with van der Waals surface area (Å²) in [6.07, 6.45) is 5.08. The van der Waals surface area contributed by atoms with Crippen molar-refractivity contribution in [3.8, 4) is 5.75 Å². The second-order valence-electron chi connectivity index (χ2n) is 7.00. The number of carbonyl (C=O) groups is 1. The van der Waals surface area contributed by atoms with E-state index in [1.807, 2.05) is 0 Å². The van der Waals surface area contributed by atoms with E-state index >= 15 is 0 Å². The van der Waals surface area contributed by atoms with Gasteiger partial charge in [0.15, 0.2) is 0 Å². The van der Waals surface area contributed by atoms with Crippen LogP contribution in [0.2, 0.25) is 0 Å². The van der Waals surface area contributed by atoms with Crippen LogP contribution in [0, 0.1) is 5.82 Å². The van der Waals surface area contributed by atoms with Crippen molar-refractivity contribution >= 4 is 21.4 Å². The molecule has 0 aliphatic carbocycles. The van der Waals surface area contributed by atoms with E-state index in [1.54, 1.807) is 54.2 Å². The van der Waals surface area contributed by atoms with Crippen LogP contribution in [0.15, 0.2) is 83.0 Å². The number of hydrogen-bond donors (Lipinski definition) is 1. The largest absolute Gasteiger partial charge is 0.494 e. The van der Waals surface area contributed by atoms with Crippen molar-refractivity contribution in [3.63, 3.8) is 0 Å². The number of pyridine rings is 1. The van der Waals surface area contributed by atoms with Crippen molar-refractivity contribution < 1.29 is 22.3 Å². The van der Waals surface area contributed by atoms with Crippen LogP contribution < -0.4 is 10.1 Å². The molecule has 0 unspecified atom stereocenters. The number of ether oxygens (including phenoxy) is 1. The van der Waals surface area contributed by atoms with E-state index in [-0.39, 0.29) is 28.0 Å². The molecule has 2 heterocycles. The molecule has 0 bridgehead atoms. The summed E-state index contributed by atoms with van der Waals surface area (Å²) in [6, 6.07) is 12.9. The number of amides is 1. The lowest BCUT2D eigenvalue weighted by Gasteiger charge is -2.10. The zero-order valence-electron chi connectivity index (χ0n) is 17.2. The fraction of sp³-hybridized carbons (Fsp3) is 0.130. The Morgan fingerprint density at radius 1 is 1.09 bits per heavy atom. The summed E-state index contributed by atoms with van der Waals surface area (Å²) in [4.78, 5) is 16.4. The highest BCUT2D eigenvalue weighted by molar-refractivity contribution is 7.91. The van der Waals surface area contributed by atoms with Crippen molar-refractivity contribution in [2.24, 2.45) is 0 Å². The number of hydrogen-bond acceptors (Lipinski definition) is 5. The predicted molar refractivity (Wildman–Crippen MR) is 116 cm³/mol. The average Bonchev–Trinajstić information content (AvgIpc) is 3.25. The summed E-state index contributed by atoms with van der Waals surface area (Å²) in [6.45, 7) is 2.24. The van der Waals surface area contributed by atoms with E-state index in [4.69, 9.17) is 4.74 Å². The number of nitrogens with one attached hydrogen (secondary N) is 1. The summed E-state index contributed by atoms with van der Waals surface area (Å²) in [7, 11) is -3.92. The second kappa shape index (κ2) is 8.80. The molecule has 9 heteroatoms. The summed E-state index contributed by atoms with van der Waals surface area (Å²) < 4.78 is 46.6. The molecule has 0 aliphatic rings. The first-order valence-corrected chi connectivity index (χ1v) is 11.3. The molecule has 7 nitrogen and oxygen atoms in total. The Bertz CT molecular complexity index is 1380. The van der Waals surface area contributed by atoms with Crippen molar-refractivity contribution in [2.45, 2.75) is 23.3 Å². The van der Waals surface area contributed by atoms with Crippen LogP contribution in [0.3, 0.4) is 0 Å². The van der Waals surface area contributed by atoms with E-state index in [2.05, 4.69) is 10.3 Å². The Kier molecular flexibility index (Phi) is 5.91. The van der Waals surface area contributed by atoms with Gasteiger partial charge in [-0.05, 0) is 48.9 Å².